The van der Waals surface area contributed by atoms with E-state index in [2.05, 4.69) is 10.3 Å². The second-order valence-electron chi connectivity index (χ2n) is 10.7. The highest BCUT2D eigenvalue weighted by atomic mass is 16.6. The Hall–Kier alpha value is -3.40. The Morgan fingerprint density at radius 2 is 1.81 bits per heavy atom. The molecule has 1 aromatic carbocycles. The third-order valence-corrected chi connectivity index (χ3v) is 6.75. The molecular weight excluding hydrogens is 474 g/mol. The molecule has 37 heavy (non-hydrogen) atoms. The number of aromatic nitrogens is 2. The van der Waals surface area contributed by atoms with Crippen molar-refractivity contribution in [2.45, 2.75) is 64.1 Å². The lowest BCUT2D eigenvalue weighted by Gasteiger charge is -2.33. The van der Waals surface area contributed by atoms with Crippen LogP contribution in [0.1, 0.15) is 56.8 Å². The Balaban J connectivity index is 1.34. The minimum absolute atomic E-state index is 0.0209. The van der Waals surface area contributed by atoms with E-state index in [4.69, 9.17) is 9.47 Å². The van der Waals surface area contributed by atoms with Crippen LogP contribution in [0.15, 0.2) is 36.8 Å². The van der Waals surface area contributed by atoms with Crippen LogP contribution in [-0.4, -0.2) is 88.4 Å². The second kappa shape index (κ2) is 11.3. The molecule has 1 N–H and O–H groups in total. The summed E-state index contributed by atoms with van der Waals surface area (Å²) in [7, 11) is 1.81. The van der Waals surface area contributed by atoms with Crippen molar-refractivity contribution in [2.75, 3.05) is 33.4 Å². The minimum atomic E-state index is -0.531. The number of nitrogens with zero attached hydrogens (tertiary/aromatic N) is 4. The van der Waals surface area contributed by atoms with Crippen LogP contribution in [0.3, 0.4) is 0 Å². The Morgan fingerprint density at radius 3 is 2.49 bits per heavy atom. The molecule has 3 amide bonds. The van der Waals surface area contributed by atoms with Crippen molar-refractivity contribution >= 4 is 18.0 Å². The predicted molar refractivity (Wildman–Crippen MR) is 138 cm³/mol. The first-order valence-corrected chi connectivity index (χ1v) is 12.9. The van der Waals surface area contributed by atoms with E-state index >= 15 is 0 Å². The van der Waals surface area contributed by atoms with Crippen LogP contribution in [0, 0.1) is 0 Å². The van der Waals surface area contributed by atoms with Gasteiger partial charge in [0, 0.05) is 62.8 Å². The van der Waals surface area contributed by atoms with Crippen LogP contribution in [0.5, 0.6) is 0 Å². The number of amides is 3. The van der Waals surface area contributed by atoms with Crippen molar-refractivity contribution in [2.24, 2.45) is 0 Å². The van der Waals surface area contributed by atoms with Crippen LogP contribution in [0.25, 0.3) is 11.3 Å². The lowest BCUT2D eigenvalue weighted by molar-refractivity contribution is 0.0199. The third-order valence-electron chi connectivity index (χ3n) is 6.75. The monoisotopic (exact) mass is 511 g/mol. The van der Waals surface area contributed by atoms with E-state index in [1.54, 1.807) is 35.2 Å². The summed E-state index contributed by atoms with van der Waals surface area (Å²) in [6, 6.07) is 7.21. The van der Waals surface area contributed by atoms with E-state index in [1.165, 1.54) is 10.9 Å². The highest BCUT2D eigenvalue weighted by Gasteiger charge is 2.28. The van der Waals surface area contributed by atoms with E-state index in [1.807, 2.05) is 32.9 Å². The third kappa shape index (κ3) is 6.88. The van der Waals surface area contributed by atoms with Crippen LogP contribution >= 0.6 is 0 Å². The maximum atomic E-state index is 13.0. The minimum Gasteiger partial charge on any atom is -0.444 e. The molecule has 0 bridgehead atoms. The van der Waals surface area contributed by atoms with Gasteiger partial charge in [0.15, 0.2) is 0 Å². The molecule has 3 heterocycles. The Bertz CT molecular complexity index is 1110. The smallest absolute Gasteiger partial charge is 0.410 e. The molecule has 0 atom stereocenters. The van der Waals surface area contributed by atoms with E-state index in [-0.39, 0.29) is 30.1 Å². The first-order chi connectivity index (χ1) is 17.6. The van der Waals surface area contributed by atoms with Gasteiger partial charge in [0.1, 0.15) is 11.9 Å². The van der Waals surface area contributed by atoms with Crippen LogP contribution in [-0.2, 0) is 9.47 Å². The highest BCUT2D eigenvalue weighted by molar-refractivity contribution is 5.95. The standard InChI is InChI=1S/C27H37N5O5/c1-27(2,3)37-26(35)31-12-8-21(9-13-31)29-24(33)20-7-5-6-19(16-20)23-17-32(18-28-23)25(34)30(4)22-10-14-36-15-11-22/h5-7,16-18,21-22H,8-15H2,1-4H3,(H,29,33). The molecule has 2 aliphatic rings. The molecular formula is C27H37N5O5. The van der Waals surface area contributed by atoms with E-state index in [0.717, 1.165) is 18.4 Å². The summed E-state index contributed by atoms with van der Waals surface area (Å²) < 4.78 is 12.3. The number of hydrogen-bond acceptors (Lipinski definition) is 6. The fraction of sp³-hybridized carbons (Fsp3) is 0.556. The summed E-state index contributed by atoms with van der Waals surface area (Å²) >= 11 is 0. The van der Waals surface area contributed by atoms with E-state index in [9.17, 15) is 14.4 Å². The molecule has 2 aromatic rings. The molecule has 0 saturated carbocycles. The first kappa shape index (κ1) is 26.7. The van der Waals surface area contributed by atoms with Gasteiger partial charge in [-0.2, -0.15) is 0 Å². The van der Waals surface area contributed by atoms with Gasteiger partial charge < -0.3 is 24.6 Å². The number of benzene rings is 1. The number of imidazole rings is 1. The fourth-order valence-electron chi connectivity index (χ4n) is 4.61. The van der Waals surface area contributed by atoms with Crippen LogP contribution in [0.2, 0.25) is 0 Å². The number of hydrogen-bond donors (Lipinski definition) is 1. The van der Waals surface area contributed by atoms with E-state index < -0.39 is 5.60 Å². The second-order valence-corrected chi connectivity index (χ2v) is 10.7. The first-order valence-electron chi connectivity index (χ1n) is 12.9. The Labute approximate surface area is 217 Å². The van der Waals surface area contributed by atoms with Crippen molar-refractivity contribution < 1.29 is 23.9 Å². The van der Waals surface area contributed by atoms with Gasteiger partial charge in [-0.25, -0.2) is 14.6 Å². The van der Waals surface area contributed by atoms with E-state index in [0.29, 0.717) is 50.4 Å². The quantitative estimate of drug-likeness (QED) is 0.670. The predicted octanol–water partition coefficient (Wildman–Crippen LogP) is 3.76. The van der Waals surface area contributed by atoms with Crippen LogP contribution in [0.4, 0.5) is 9.59 Å². The molecule has 2 saturated heterocycles. The number of rotatable bonds is 4. The average molecular weight is 512 g/mol. The molecule has 200 valence electrons. The number of likely N-dealkylation sites (tertiary alicyclic amines) is 1. The zero-order chi connectivity index (χ0) is 26.6. The summed E-state index contributed by atoms with van der Waals surface area (Å²) in [4.78, 5) is 46.0. The Morgan fingerprint density at radius 1 is 1.11 bits per heavy atom. The summed E-state index contributed by atoms with van der Waals surface area (Å²) in [6.07, 6.45) is 5.86. The molecule has 2 aliphatic heterocycles. The van der Waals surface area contributed by atoms with Crippen molar-refractivity contribution in [1.82, 2.24) is 24.7 Å². The molecule has 0 spiro atoms. The topological polar surface area (TPSA) is 106 Å². The van der Waals surface area contributed by atoms with Gasteiger partial charge in [-0.3, -0.25) is 9.36 Å². The molecule has 10 nitrogen and oxygen atoms in total. The molecule has 2 fully saturated rings. The molecule has 4 rings (SSSR count). The van der Waals surface area contributed by atoms with Crippen LogP contribution < -0.4 is 5.32 Å². The summed E-state index contributed by atoms with van der Waals surface area (Å²) in [5.74, 6) is -0.174. The van der Waals surface area contributed by atoms with Crippen molar-refractivity contribution in [3.05, 3.63) is 42.4 Å². The normalized spacial score (nSPS) is 17.4. The number of piperidine rings is 1. The molecule has 0 unspecified atom stereocenters. The maximum Gasteiger partial charge on any atom is 0.410 e. The van der Waals surface area contributed by atoms with Crippen molar-refractivity contribution in [3.8, 4) is 11.3 Å². The highest BCUT2D eigenvalue weighted by Crippen LogP contribution is 2.21. The van der Waals surface area contributed by atoms with Gasteiger partial charge >= 0.3 is 12.1 Å². The average Bonchev–Trinajstić information content (AvgIpc) is 3.38. The van der Waals surface area contributed by atoms with Gasteiger partial charge in [0.2, 0.25) is 0 Å². The summed E-state index contributed by atoms with van der Waals surface area (Å²) in [5, 5.41) is 3.08. The molecule has 10 heteroatoms. The SMILES string of the molecule is CN(C(=O)n1cnc(-c2cccc(C(=O)NC3CCN(C(=O)OC(C)(C)C)CC3)c2)c1)C1CCOCC1. The van der Waals surface area contributed by atoms with Crippen molar-refractivity contribution in [1.29, 1.82) is 0 Å². The zero-order valence-corrected chi connectivity index (χ0v) is 22.1. The number of ether oxygens (including phenoxy) is 2. The summed E-state index contributed by atoms with van der Waals surface area (Å²) in [5.41, 5.74) is 1.37. The van der Waals surface area contributed by atoms with Gasteiger partial charge in [-0.05, 0) is 58.6 Å². The zero-order valence-electron chi connectivity index (χ0n) is 22.1. The Kier molecular flexibility index (Phi) is 8.16. The molecule has 1 aromatic heterocycles. The molecule has 0 radical (unpaired) electrons. The van der Waals surface area contributed by atoms with Gasteiger partial charge in [-0.1, -0.05) is 12.1 Å². The summed E-state index contributed by atoms with van der Waals surface area (Å²) in [6.45, 7) is 7.94. The lowest BCUT2D eigenvalue weighted by atomic mass is 10.0. The number of nitrogens with one attached hydrogen (secondary N) is 1. The largest absolute Gasteiger partial charge is 0.444 e. The maximum absolute atomic E-state index is 13.0. The van der Waals surface area contributed by atoms with Gasteiger partial charge in [0.25, 0.3) is 5.91 Å². The lowest BCUT2D eigenvalue weighted by Crippen LogP contribution is -2.47. The van der Waals surface area contributed by atoms with Crippen molar-refractivity contribution in [3.63, 3.8) is 0 Å². The van der Waals surface area contributed by atoms with Gasteiger partial charge in [-0.15, -0.1) is 0 Å². The molecule has 0 aliphatic carbocycles. The fourth-order valence-corrected chi connectivity index (χ4v) is 4.61. The number of carbonyl (C=O) groups excluding carboxylic acids is 3. The van der Waals surface area contributed by atoms with Gasteiger partial charge in [0.05, 0.1) is 5.69 Å². The number of carbonyl (C=O) groups is 3.